The van der Waals surface area contributed by atoms with Crippen LogP contribution in [0.4, 0.5) is 0 Å². The molecule has 0 unspecified atom stereocenters. The normalized spacial score (nSPS) is 11.2. The van der Waals surface area contributed by atoms with Gasteiger partial charge in [0.1, 0.15) is 11.5 Å². The van der Waals surface area contributed by atoms with Gasteiger partial charge in [-0.15, -0.1) is 0 Å². The van der Waals surface area contributed by atoms with Crippen molar-refractivity contribution >= 4 is 45.2 Å². The fourth-order valence-corrected chi connectivity index (χ4v) is 4.35. The average molecular weight is 522 g/mol. The summed E-state index contributed by atoms with van der Waals surface area (Å²) < 4.78 is 1.84. The van der Waals surface area contributed by atoms with Crippen LogP contribution in [0.3, 0.4) is 0 Å². The van der Waals surface area contributed by atoms with Crippen molar-refractivity contribution in [1.82, 2.24) is 0 Å². The van der Waals surface area contributed by atoms with Crippen LogP contribution in [0.5, 0.6) is 11.5 Å². The number of rotatable bonds is 3. The van der Waals surface area contributed by atoms with Crippen molar-refractivity contribution in [1.29, 1.82) is 0 Å². The van der Waals surface area contributed by atoms with Crippen molar-refractivity contribution in [3.8, 4) is 11.5 Å². The highest BCUT2D eigenvalue weighted by molar-refractivity contribution is 14.1. The lowest BCUT2D eigenvalue weighted by molar-refractivity contribution is 0.464. The minimum Gasteiger partial charge on any atom is -0.508 e. The molecule has 4 heteroatoms. The van der Waals surface area contributed by atoms with Gasteiger partial charge in [-0.1, -0.05) is 26.0 Å². The van der Waals surface area contributed by atoms with Crippen LogP contribution in [0.2, 0.25) is 0 Å². The monoisotopic (exact) mass is 522 g/mol. The Bertz CT molecular complexity index is 693. The zero-order chi connectivity index (χ0) is 16.6. The van der Waals surface area contributed by atoms with E-state index in [1.807, 2.05) is 6.07 Å². The number of phenols is 2. The minimum atomic E-state index is 0.294. The second-order valence-electron chi connectivity index (χ2n) is 5.93. The summed E-state index contributed by atoms with van der Waals surface area (Å²) in [6.45, 7) is 8.29. The summed E-state index contributed by atoms with van der Waals surface area (Å²) in [4.78, 5) is 0. The summed E-state index contributed by atoms with van der Waals surface area (Å²) in [6.07, 6.45) is 0.809. The Morgan fingerprint density at radius 1 is 1.00 bits per heavy atom. The van der Waals surface area contributed by atoms with Crippen molar-refractivity contribution in [3.05, 3.63) is 53.2 Å². The molecule has 118 valence electrons. The van der Waals surface area contributed by atoms with Crippen molar-refractivity contribution in [3.63, 3.8) is 0 Å². The van der Waals surface area contributed by atoms with Crippen molar-refractivity contribution in [2.75, 3.05) is 0 Å². The molecule has 0 aromatic heterocycles. The lowest BCUT2D eigenvalue weighted by Crippen LogP contribution is -2.02. The van der Waals surface area contributed by atoms with Crippen molar-refractivity contribution in [2.45, 2.75) is 40.0 Å². The van der Waals surface area contributed by atoms with Crippen LogP contribution in [0.15, 0.2) is 18.2 Å². The van der Waals surface area contributed by atoms with E-state index in [4.69, 9.17) is 0 Å². The predicted molar refractivity (Wildman–Crippen MR) is 108 cm³/mol. The molecule has 0 fully saturated rings. The molecule has 0 saturated carbocycles. The third-order valence-corrected chi connectivity index (χ3v) is 6.71. The standard InChI is InChI=1S/C18H20I2O2/c1-9(2)13-7-12(5-6-15(13)21)8-14-10(3)16(19)18(22)17(20)11(14)4/h5-7,9,21-22H,8H2,1-4H3. The minimum absolute atomic E-state index is 0.294. The van der Waals surface area contributed by atoms with Gasteiger partial charge in [-0.25, -0.2) is 0 Å². The van der Waals surface area contributed by atoms with E-state index in [1.54, 1.807) is 6.07 Å². The Morgan fingerprint density at radius 3 is 2.05 bits per heavy atom. The second-order valence-corrected chi connectivity index (χ2v) is 8.09. The Hall–Kier alpha value is -0.500. The van der Waals surface area contributed by atoms with Gasteiger partial charge in [0.05, 0.1) is 7.14 Å². The second kappa shape index (κ2) is 6.95. The molecule has 0 spiro atoms. The molecule has 0 saturated heterocycles. The molecule has 0 aliphatic heterocycles. The molecule has 0 heterocycles. The molecule has 0 amide bonds. The van der Waals surface area contributed by atoms with Gasteiger partial charge in [-0.2, -0.15) is 0 Å². The van der Waals surface area contributed by atoms with Crippen molar-refractivity contribution in [2.24, 2.45) is 0 Å². The molecule has 2 nitrogen and oxygen atoms in total. The first kappa shape index (κ1) is 17.8. The summed E-state index contributed by atoms with van der Waals surface area (Å²) >= 11 is 4.41. The van der Waals surface area contributed by atoms with Crippen LogP contribution in [0.1, 0.15) is 47.6 Å². The molecule has 0 radical (unpaired) electrons. The van der Waals surface area contributed by atoms with Crippen LogP contribution >= 0.6 is 45.2 Å². The molecule has 0 aliphatic rings. The third-order valence-electron chi connectivity index (χ3n) is 4.07. The van der Waals surface area contributed by atoms with Gasteiger partial charge < -0.3 is 10.2 Å². The van der Waals surface area contributed by atoms with E-state index in [9.17, 15) is 10.2 Å². The van der Waals surface area contributed by atoms with Crippen LogP contribution in [-0.4, -0.2) is 10.2 Å². The van der Waals surface area contributed by atoms with Gasteiger partial charge in [0.2, 0.25) is 0 Å². The smallest absolute Gasteiger partial charge is 0.142 e. The lowest BCUT2D eigenvalue weighted by atomic mass is 9.93. The van der Waals surface area contributed by atoms with Crippen LogP contribution in [0, 0.1) is 21.0 Å². The summed E-state index contributed by atoms with van der Waals surface area (Å²) in [6, 6.07) is 5.85. The fraction of sp³-hybridized carbons (Fsp3) is 0.333. The van der Waals surface area contributed by atoms with Crippen molar-refractivity contribution < 1.29 is 10.2 Å². The van der Waals surface area contributed by atoms with E-state index in [2.05, 4.69) is 78.9 Å². The van der Waals surface area contributed by atoms with E-state index in [0.29, 0.717) is 17.4 Å². The van der Waals surface area contributed by atoms with E-state index >= 15 is 0 Å². The summed E-state index contributed by atoms with van der Waals surface area (Å²) in [5.41, 5.74) is 5.69. The zero-order valence-corrected chi connectivity index (χ0v) is 17.5. The Kier molecular flexibility index (Phi) is 5.63. The molecule has 0 aliphatic carbocycles. The molecular weight excluding hydrogens is 502 g/mol. The molecule has 22 heavy (non-hydrogen) atoms. The van der Waals surface area contributed by atoms with E-state index < -0.39 is 0 Å². The Morgan fingerprint density at radius 2 is 1.55 bits per heavy atom. The molecule has 2 aromatic rings. The Balaban J connectivity index is 2.50. The van der Waals surface area contributed by atoms with E-state index in [-0.39, 0.29) is 0 Å². The van der Waals surface area contributed by atoms with E-state index in [0.717, 1.165) is 30.3 Å². The highest BCUT2D eigenvalue weighted by atomic mass is 127. The molecular formula is C18H20I2O2. The quantitative estimate of drug-likeness (QED) is 0.513. The van der Waals surface area contributed by atoms with Crippen LogP contribution < -0.4 is 0 Å². The first-order valence-corrected chi connectivity index (χ1v) is 9.37. The van der Waals surface area contributed by atoms with Gasteiger partial charge in [0, 0.05) is 0 Å². The van der Waals surface area contributed by atoms with Gasteiger partial charge in [-0.05, 0) is 105 Å². The van der Waals surface area contributed by atoms with Crippen LogP contribution in [-0.2, 0) is 6.42 Å². The molecule has 2 N–H and O–H groups in total. The van der Waals surface area contributed by atoms with Gasteiger partial charge >= 0.3 is 0 Å². The number of halogens is 2. The van der Waals surface area contributed by atoms with Gasteiger partial charge in [-0.3, -0.25) is 0 Å². The highest BCUT2D eigenvalue weighted by Gasteiger charge is 2.17. The maximum atomic E-state index is 10.2. The number of hydrogen-bond donors (Lipinski definition) is 2. The number of phenolic OH excluding ortho intramolecular Hbond substituents is 2. The maximum absolute atomic E-state index is 10.2. The largest absolute Gasteiger partial charge is 0.508 e. The van der Waals surface area contributed by atoms with Gasteiger partial charge in [0.25, 0.3) is 0 Å². The van der Waals surface area contributed by atoms with E-state index in [1.165, 1.54) is 11.1 Å². The predicted octanol–water partition coefficient (Wildman–Crippen LogP) is 5.64. The SMILES string of the molecule is Cc1c(I)c(O)c(I)c(C)c1Cc1ccc(O)c(C(C)C)c1. The number of hydrogen-bond acceptors (Lipinski definition) is 2. The summed E-state index contributed by atoms with van der Waals surface area (Å²) in [5.74, 6) is 1.04. The molecule has 0 atom stereocenters. The zero-order valence-electron chi connectivity index (χ0n) is 13.2. The van der Waals surface area contributed by atoms with Gasteiger partial charge in [0.15, 0.2) is 0 Å². The Labute approximate surface area is 159 Å². The lowest BCUT2D eigenvalue weighted by Gasteiger charge is -2.17. The third kappa shape index (κ3) is 3.37. The maximum Gasteiger partial charge on any atom is 0.142 e. The topological polar surface area (TPSA) is 40.5 Å². The number of benzene rings is 2. The first-order valence-electron chi connectivity index (χ1n) is 7.21. The number of aromatic hydroxyl groups is 2. The molecule has 0 bridgehead atoms. The fourth-order valence-electron chi connectivity index (χ4n) is 2.64. The first-order chi connectivity index (χ1) is 10.2. The average Bonchev–Trinajstić information content (AvgIpc) is 2.49. The highest BCUT2D eigenvalue weighted by Crippen LogP contribution is 2.36. The molecule has 2 rings (SSSR count). The summed E-state index contributed by atoms with van der Waals surface area (Å²) in [5, 5.41) is 20.1. The summed E-state index contributed by atoms with van der Waals surface area (Å²) in [7, 11) is 0. The van der Waals surface area contributed by atoms with Crippen LogP contribution in [0.25, 0.3) is 0 Å². The molecule has 2 aromatic carbocycles.